The Kier molecular flexibility index (Phi) is 4.12. The number of nitrogens with zero attached hydrogens (tertiary/aromatic N) is 3. The number of aromatic nitrogens is 2. The molecule has 1 aliphatic carbocycles. The van der Waals surface area contributed by atoms with Crippen LogP contribution in [0, 0.1) is 5.41 Å². The van der Waals surface area contributed by atoms with Crippen molar-refractivity contribution in [1.82, 2.24) is 15.1 Å². The molecule has 1 saturated carbocycles. The quantitative estimate of drug-likeness (QED) is 0.867. The van der Waals surface area contributed by atoms with E-state index in [0.29, 0.717) is 26.3 Å². The summed E-state index contributed by atoms with van der Waals surface area (Å²) in [4.78, 5) is 13.7. The maximum atomic E-state index is 13.1. The lowest BCUT2D eigenvalue weighted by Crippen LogP contribution is -2.63. The van der Waals surface area contributed by atoms with Crippen molar-refractivity contribution in [3.63, 3.8) is 0 Å². The van der Waals surface area contributed by atoms with E-state index >= 15 is 0 Å². The second-order valence-corrected chi connectivity index (χ2v) is 8.19. The Hall–Kier alpha value is -2.25. The van der Waals surface area contributed by atoms with Gasteiger partial charge in [-0.15, -0.1) is 0 Å². The second-order valence-electron chi connectivity index (χ2n) is 8.19. The highest BCUT2D eigenvalue weighted by molar-refractivity contribution is 5.84. The third-order valence-corrected chi connectivity index (χ3v) is 5.58. The maximum Gasteiger partial charge on any atom is 0.321 e. The Morgan fingerprint density at radius 3 is 2.74 bits per heavy atom. The van der Waals surface area contributed by atoms with Crippen LogP contribution in [0.1, 0.15) is 26.7 Å². The van der Waals surface area contributed by atoms with Gasteiger partial charge in [0.05, 0.1) is 18.3 Å². The van der Waals surface area contributed by atoms with Gasteiger partial charge in [-0.05, 0) is 38.0 Å². The Morgan fingerprint density at radius 1 is 1.41 bits per heavy atom. The summed E-state index contributed by atoms with van der Waals surface area (Å²) in [5.74, 6) is -4.68. The molecule has 2 aliphatic rings. The summed E-state index contributed by atoms with van der Waals surface area (Å²) in [5.41, 5.74) is 2.14. The number of rotatable bonds is 5. The molecule has 4 rings (SSSR count). The fourth-order valence-corrected chi connectivity index (χ4v) is 4.16. The van der Waals surface area contributed by atoms with Gasteiger partial charge in [-0.3, -0.25) is 9.48 Å². The molecule has 0 radical (unpaired) electrons. The predicted octanol–water partition coefficient (Wildman–Crippen LogP) is 3.13. The van der Waals surface area contributed by atoms with Gasteiger partial charge >= 0.3 is 5.92 Å². The molecule has 1 atom stereocenters. The summed E-state index contributed by atoms with van der Waals surface area (Å²) in [5, 5.41) is 7.58. The maximum absolute atomic E-state index is 13.1. The molecule has 1 aromatic heterocycles. The van der Waals surface area contributed by atoms with Crippen LogP contribution in [-0.2, 0) is 11.3 Å². The number of halogens is 3. The van der Waals surface area contributed by atoms with Gasteiger partial charge in [0.15, 0.2) is 0 Å². The Balaban J connectivity index is 1.41. The first kappa shape index (κ1) is 18.1. The summed E-state index contributed by atoms with van der Waals surface area (Å²) in [7, 11) is 0. The largest absolute Gasteiger partial charge is 0.370 e. The van der Waals surface area contributed by atoms with Crippen molar-refractivity contribution in [1.29, 1.82) is 0 Å². The summed E-state index contributed by atoms with van der Waals surface area (Å²) in [6.45, 7) is 4.33. The fraction of sp³-hybridized carbons (Fsp3) is 0.579. The number of hydrogen-bond acceptors (Lipinski definition) is 3. The van der Waals surface area contributed by atoms with E-state index in [-0.39, 0.29) is 5.41 Å². The van der Waals surface area contributed by atoms with Crippen molar-refractivity contribution in [2.45, 2.75) is 51.4 Å². The average molecular weight is 380 g/mol. The minimum absolute atomic E-state index is 0.174. The molecule has 0 bridgehead atoms. The lowest BCUT2D eigenvalue weighted by Gasteiger charge is -2.58. The Bertz CT molecular complexity index is 861. The number of benzene rings is 1. The molecule has 1 amide bonds. The zero-order valence-corrected chi connectivity index (χ0v) is 15.4. The molecule has 1 unspecified atom stereocenters. The third-order valence-electron chi connectivity index (χ3n) is 5.58. The molecule has 1 aromatic carbocycles. The average Bonchev–Trinajstić information content (AvgIpc) is 2.90. The highest BCUT2D eigenvalue weighted by Crippen LogP contribution is 2.51. The standard InChI is InChI=1S/C19H23F3N4O/c1-12(24-17(27)18(2,21)22)9-26-16-4-3-15(5-13(16)8-23-26)25-10-19(11-25)6-14(20)7-19/h3-5,8,12,14H,6-7,9-11H2,1-2H3,(H,24,27). The van der Waals surface area contributed by atoms with Crippen molar-refractivity contribution < 1.29 is 18.0 Å². The summed E-state index contributed by atoms with van der Waals surface area (Å²) < 4.78 is 40.9. The summed E-state index contributed by atoms with van der Waals surface area (Å²) >= 11 is 0. The minimum Gasteiger partial charge on any atom is -0.370 e. The molecule has 27 heavy (non-hydrogen) atoms. The van der Waals surface area contributed by atoms with Crippen LogP contribution in [-0.4, -0.2) is 46.9 Å². The van der Waals surface area contributed by atoms with E-state index < -0.39 is 24.0 Å². The van der Waals surface area contributed by atoms with E-state index in [1.807, 2.05) is 18.2 Å². The first-order chi connectivity index (χ1) is 12.7. The van der Waals surface area contributed by atoms with Crippen LogP contribution in [0.4, 0.5) is 18.9 Å². The molecule has 2 heterocycles. The van der Waals surface area contributed by atoms with Gasteiger partial charge < -0.3 is 10.2 Å². The molecular weight excluding hydrogens is 357 g/mol. The van der Waals surface area contributed by atoms with Crippen molar-refractivity contribution in [2.24, 2.45) is 5.41 Å². The van der Waals surface area contributed by atoms with Crippen molar-refractivity contribution in [3.05, 3.63) is 24.4 Å². The SMILES string of the molecule is CC(Cn1ncc2cc(N3CC4(CC(F)C4)C3)ccc21)NC(=O)C(C)(F)F. The molecular formula is C19H23F3N4O. The highest BCUT2D eigenvalue weighted by Gasteiger charge is 2.52. The number of fused-ring (bicyclic) bond motifs is 1. The number of carbonyl (C=O) groups is 1. The summed E-state index contributed by atoms with van der Waals surface area (Å²) in [6, 6.07) is 5.52. The molecule has 2 aromatic rings. The Labute approximate surface area is 155 Å². The minimum atomic E-state index is -3.40. The van der Waals surface area contributed by atoms with Crippen LogP contribution < -0.4 is 10.2 Å². The first-order valence-corrected chi connectivity index (χ1v) is 9.19. The summed E-state index contributed by atoms with van der Waals surface area (Å²) in [6.07, 6.45) is 2.44. The lowest BCUT2D eigenvalue weighted by atomic mass is 9.62. The van der Waals surface area contributed by atoms with Gasteiger partial charge in [-0.1, -0.05) is 0 Å². The predicted molar refractivity (Wildman–Crippen MR) is 96.7 cm³/mol. The van der Waals surface area contributed by atoms with E-state index in [1.165, 1.54) is 0 Å². The number of amides is 1. The second kappa shape index (κ2) is 6.14. The van der Waals surface area contributed by atoms with Crippen LogP contribution in [0.3, 0.4) is 0 Å². The lowest BCUT2D eigenvalue weighted by molar-refractivity contribution is -0.143. The number of nitrogens with one attached hydrogen (secondary N) is 1. The first-order valence-electron chi connectivity index (χ1n) is 9.19. The van der Waals surface area contributed by atoms with Crippen LogP contribution in [0.5, 0.6) is 0 Å². The van der Waals surface area contributed by atoms with Gasteiger partial charge in [0.2, 0.25) is 0 Å². The Morgan fingerprint density at radius 2 is 2.11 bits per heavy atom. The van der Waals surface area contributed by atoms with Crippen molar-refractivity contribution >= 4 is 22.5 Å². The zero-order chi connectivity index (χ0) is 19.4. The molecule has 1 N–H and O–H groups in total. The van der Waals surface area contributed by atoms with E-state index in [1.54, 1.807) is 17.8 Å². The third kappa shape index (κ3) is 3.37. The number of carbonyl (C=O) groups excluding carboxylic acids is 1. The molecule has 1 spiro atoms. The van der Waals surface area contributed by atoms with Crippen LogP contribution >= 0.6 is 0 Å². The number of anilines is 1. The topological polar surface area (TPSA) is 50.2 Å². The molecule has 8 heteroatoms. The smallest absolute Gasteiger partial charge is 0.321 e. The van der Waals surface area contributed by atoms with E-state index in [4.69, 9.17) is 0 Å². The molecule has 5 nitrogen and oxygen atoms in total. The highest BCUT2D eigenvalue weighted by atomic mass is 19.3. The van der Waals surface area contributed by atoms with Crippen LogP contribution in [0.15, 0.2) is 24.4 Å². The van der Waals surface area contributed by atoms with Gasteiger partial charge in [0.1, 0.15) is 6.17 Å². The van der Waals surface area contributed by atoms with E-state index in [2.05, 4.69) is 15.3 Å². The van der Waals surface area contributed by atoms with Gasteiger partial charge in [-0.2, -0.15) is 13.9 Å². The van der Waals surface area contributed by atoms with Crippen molar-refractivity contribution in [2.75, 3.05) is 18.0 Å². The van der Waals surface area contributed by atoms with Gasteiger partial charge in [0, 0.05) is 42.5 Å². The van der Waals surface area contributed by atoms with Crippen molar-refractivity contribution in [3.8, 4) is 0 Å². The van der Waals surface area contributed by atoms with Gasteiger partial charge in [0.25, 0.3) is 5.91 Å². The monoisotopic (exact) mass is 380 g/mol. The molecule has 146 valence electrons. The molecule has 1 aliphatic heterocycles. The number of alkyl halides is 3. The van der Waals surface area contributed by atoms with E-state index in [9.17, 15) is 18.0 Å². The number of hydrogen-bond donors (Lipinski definition) is 1. The van der Waals surface area contributed by atoms with Crippen LogP contribution in [0.25, 0.3) is 10.9 Å². The zero-order valence-electron chi connectivity index (χ0n) is 15.4. The molecule has 2 fully saturated rings. The van der Waals surface area contributed by atoms with E-state index in [0.717, 1.165) is 29.7 Å². The normalized spacial score (nSPS) is 20.4. The van der Waals surface area contributed by atoms with Crippen LogP contribution in [0.2, 0.25) is 0 Å². The fourth-order valence-electron chi connectivity index (χ4n) is 4.16. The molecule has 1 saturated heterocycles. The van der Waals surface area contributed by atoms with Gasteiger partial charge in [-0.25, -0.2) is 4.39 Å².